The van der Waals surface area contributed by atoms with Crippen molar-refractivity contribution in [3.05, 3.63) is 112 Å². The number of para-hydroxylation sites is 1. The molecule has 3 aromatic carbocycles. The van der Waals surface area contributed by atoms with Crippen LogP contribution in [0.1, 0.15) is 50.3 Å². The summed E-state index contributed by atoms with van der Waals surface area (Å²) >= 11 is 0. The van der Waals surface area contributed by atoms with Crippen LogP contribution in [0.4, 0.5) is 5.69 Å². The van der Waals surface area contributed by atoms with Crippen molar-refractivity contribution in [2.75, 3.05) is 26.6 Å². The maximum Gasteiger partial charge on any atom is 0.337 e. The van der Waals surface area contributed by atoms with Crippen LogP contribution in [0.25, 0.3) is 0 Å². The Morgan fingerprint density at radius 1 is 0.703 bits per heavy atom. The summed E-state index contributed by atoms with van der Waals surface area (Å²) in [5.74, 6) is -1.32. The predicted octanol–water partition coefficient (Wildman–Crippen LogP) is 4.57. The highest BCUT2D eigenvalue weighted by atomic mass is 16.5. The van der Waals surface area contributed by atoms with E-state index in [1.165, 1.54) is 21.3 Å². The summed E-state index contributed by atoms with van der Waals surface area (Å²) in [5, 5.41) is 6.98. The van der Waals surface area contributed by atoms with Gasteiger partial charge in [0.15, 0.2) is 0 Å². The molecule has 1 heterocycles. The van der Waals surface area contributed by atoms with E-state index in [9.17, 15) is 14.4 Å². The van der Waals surface area contributed by atoms with E-state index in [2.05, 4.69) is 10.6 Å². The fourth-order valence-electron chi connectivity index (χ4n) is 4.37. The number of ether oxygens (including phenoxy) is 3. The van der Waals surface area contributed by atoms with E-state index in [-0.39, 0.29) is 6.04 Å². The molecule has 0 radical (unpaired) electrons. The molecule has 8 nitrogen and oxygen atoms in total. The van der Waals surface area contributed by atoms with E-state index >= 15 is 0 Å². The molecule has 190 valence electrons. The van der Waals surface area contributed by atoms with Gasteiger partial charge in [0.25, 0.3) is 0 Å². The third-order valence-corrected chi connectivity index (χ3v) is 6.26. The zero-order valence-electron chi connectivity index (χ0n) is 20.8. The van der Waals surface area contributed by atoms with Crippen molar-refractivity contribution in [3.63, 3.8) is 0 Å². The third kappa shape index (κ3) is 5.70. The minimum Gasteiger partial charge on any atom is -0.466 e. The molecule has 2 N–H and O–H groups in total. The van der Waals surface area contributed by atoms with Crippen molar-refractivity contribution in [3.8, 4) is 0 Å². The molecular formula is C29H28N2O6. The molecule has 1 aliphatic heterocycles. The van der Waals surface area contributed by atoms with Crippen LogP contribution in [0.3, 0.4) is 0 Å². The summed E-state index contributed by atoms with van der Waals surface area (Å²) in [6.07, 6.45) is 0.466. The van der Waals surface area contributed by atoms with Crippen LogP contribution in [0.5, 0.6) is 0 Å². The summed E-state index contributed by atoms with van der Waals surface area (Å²) in [5.41, 5.74) is 4.55. The lowest BCUT2D eigenvalue weighted by atomic mass is 9.86. The minimum absolute atomic E-state index is 0.198. The number of nitrogens with one attached hydrogen (secondary N) is 2. The van der Waals surface area contributed by atoms with Gasteiger partial charge < -0.3 is 19.5 Å². The average molecular weight is 501 g/mol. The molecule has 0 spiro atoms. The Bertz CT molecular complexity index is 1300. The second-order valence-corrected chi connectivity index (χ2v) is 8.46. The summed E-state index contributed by atoms with van der Waals surface area (Å²) in [6, 6.07) is 22.9. The molecule has 0 fully saturated rings. The number of anilines is 1. The standard InChI is InChI=1S/C29H28N2O6/c1-35-27(32)20-13-9-18(10-14-20)23-17-24(30-22-7-5-4-6-8-22)25(29(34)37-3)26(31-23)19-11-15-21(16-12-19)28(33)36-2/h4-16,23,26,30-31H,17H2,1-3H3/t23-,26+/m0/s1. The molecule has 0 saturated carbocycles. The van der Waals surface area contributed by atoms with Gasteiger partial charge in [-0.2, -0.15) is 0 Å². The smallest absolute Gasteiger partial charge is 0.337 e. The van der Waals surface area contributed by atoms with Gasteiger partial charge in [0.2, 0.25) is 0 Å². The van der Waals surface area contributed by atoms with E-state index in [1.807, 2.05) is 42.5 Å². The fourth-order valence-corrected chi connectivity index (χ4v) is 4.37. The zero-order chi connectivity index (χ0) is 26.4. The van der Waals surface area contributed by atoms with E-state index in [1.54, 1.807) is 36.4 Å². The molecule has 0 aromatic heterocycles. The van der Waals surface area contributed by atoms with Crippen molar-refractivity contribution >= 4 is 23.6 Å². The van der Waals surface area contributed by atoms with Gasteiger partial charge in [0.1, 0.15) is 0 Å². The van der Waals surface area contributed by atoms with Gasteiger partial charge in [-0.3, -0.25) is 5.32 Å². The average Bonchev–Trinajstić information content (AvgIpc) is 2.96. The van der Waals surface area contributed by atoms with Crippen molar-refractivity contribution in [2.24, 2.45) is 0 Å². The van der Waals surface area contributed by atoms with E-state index in [0.717, 1.165) is 16.8 Å². The Hall–Kier alpha value is -4.43. The van der Waals surface area contributed by atoms with Crippen LogP contribution < -0.4 is 10.6 Å². The summed E-state index contributed by atoms with van der Waals surface area (Å²) < 4.78 is 14.8. The molecular weight excluding hydrogens is 472 g/mol. The van der Waals surface area contributed by atoms with Crippen LogP contribution in [0.15, 0.2) is 90.1 Å². The quantitative estimate of drug-likeness (QED) is 0.359. The van der Waals surface area contributed by atoms with Crippen LogP contribution >= 0.6 is 0 Å². The molecule has 8 heteroatoms. The van der Waals surface area contributed by atoms with Crippen LogP contribution in [-0.2, 0) is 19.0 Å². The van der Waals surface area contributed by atoms with E-state index in [0.29, 0.717) is 28.8 Å². The van der Waals surface area contributed by atoms with Gasteiger partial charge in [-0.25, -0.2) is 14.4 Å². The van der Waals surface area contributed by atoms with Crippen LogP contribution in [-0.4, -0.2) is 39.2 Å². The fraction of sp³-hybridized carbons (Fsp3) is 0.207. The Labute approximate surface area is 215 Å². The van der Waals surface area contributed by atoms with Gasteiger partial charge in [-0.15, -0.1) is 0 Å². The predicted molar refractivity (Wildman–Crippen MR) is 138 cm³/mol. The number of benzene rings is 3. The lowest BCUT2D eigenvalue weighted by Crippen LogP contribution is -2.37. The first-order valence-electron chi connectivity index (χ1n) is 11.7. The van der Waals surface area contributed by atoms with E-state index in [4.69, 9.17) is 14.2 Å². The van der Waals surface area contributed by atoms with Crippen LogP contribution in [0.2, 0.25) is 0 Å². The lowest BCUT2D eigenvalue weighted by Gasteiger charge is -2.35. The van der Waals surface area contributed by atoms with Crippen molar-refractivity contribution < 1.29 is 28.6 Å². The highest BCUT2D eigenvalue weighted by Crippen LogP contribution is 2.38. The number of esters is 3. The zero-order valence-corrected chi connectivity index (χ0v) is 20.8. The topological polar surface area (TPSA) is 103 Å². The van der Waals surface area contributed by atoms with Gasteiger partial charge in [0.05, 0.1) is 44.1 Å². The molecule has 37 heavy (non-hydrogen) atoms. The van der Waals surface area contributed by atoms with Crippen LogP contribution in [0, 0.1) is 0 Å². The van der Waals surface area contributed by atoms with Crippen molar-refractivity contribution in [1.82, 2.24) is 5.32 Å². The van der Waals surface area contributed by atoms with Crippen molar-refractivity contribution in [1.29, 1.82) is 0 Å². The van der Waals surface area contributed by atoms with Gasteiger partial charge >= 0.3 is 17.9 Å². The van der Waals surface area contributed by atoms with Gasteiger partial charge in [0, 0.05) is 23.8 Å². The Kier molecular flexibility index (Phi) is 8.00. The summed E-state index contributed by atoms with van der Waals surface area (Å²) in [7, 11) is 4.02. The summed E-state index contributed by atoms with van der Waals surface area (Å²) in [6.45, 7) is 0. The third-order valence-electron chi connectivity index (χ3n) is 6.26. The first-order valence-corrected chi connectivity index (χ1v) is 11.7. The Balaban J connectivity index is 1.78. The lowest BCUT2D eigenvalue weighted by molar-refractivity contribution is -0.136. The molecule has 1 aliphatic rings. The number of methoxy groups -OCH3 is 3. The molecule has 0 amide bonds. The molecule has 0 unspecified atom stereocenters. The van der Waals surface area contributed by atoms with Gasteiger partial charge in [-0.05, 0) is 47.5 Å². The number of hydrogen-bond donors (Lipinski definition) is 2. The molecule has 3 aromatic rings. The number of carbonyl (C=O) groups is 3. The Morgan fingerprint density at radius 2 is 1.22 bits per heavy atom. The molecule has 0 saturated heterocycles. The molecule has 2 atom stereocenters. The van der Waals surface area contributed by atoms with Crippen molar-refractivity contribution in [2.45, 2.75) is 18.5 Å². The number of carbonyl (C=O) groups excluding carboxylic acids is 3. The summed E-state index contributed by atoms with van der Waals surface area (Å²) in [4.78, 5) is 36.9. The maximum atomic E-state index is 13.1. The number of hydrogen-bond acceptors (Lipinski definition) is 8. The second-order valence-electron chi connectivity index (χ2n) is 8.46. The second kappa shape index (κ2) is 11.5. The highest BCUT2D eigenvalue weighted by Gasteiger charge is 2.35. The largest absolute Gasteiger partial charge is 0.466 e. The SMILES string of the molecule is COC(=O)C1=C(Nc2ccccc2)C[C@@H](c2ccc(C(=O)OC)cc2)N[C@@H]1c1ccc(C(=O)OC)cc1. The van der Waals surface area contributed by atoms with Gasteiger partial charge in [-0.1, -0.05) is 42.5 Å². The monoisotopic (exact) mass is 500 g/mol. The van der Waals surface area contributed by atoms with E-state index < -0.39 is 23.9 Å². The molecule has 4 rings (SSSR count). The number of rotatable bonds is 7. The molecule has 0 bridgehead atoms. The maximum absolute atomic E-state index is 13.1. The highest BCUT2D eigenvalue weighted by molar-refractivity contribution is 5.93. The Morgan fingerprint density at radius 3 is 1.73 bits per heavy atom. The first-order chi connectivity index (χ1) is 17.9. The first kappa shape index (κ1) is 25.7. The minimum atomic E-state index is -0.538. The normalized spacial score (nSPS) is 17.1. The molecule has 0 aliphatic carbocycles.